The maximum Gasteiger partial charge on any atom is 0.419 e. The van der Waals surface area contributed by atoms with Crippen LogP contribution in [0, 0.1) is 5.82 Å². The summed E-state index contributed by atoms with van der Waals surface area (Å²) in [5.74, 6) is -1.16. The Kier molecular flexibility index (Phi) is 5.79. The van der Waals surface area contributed by atoms with Gasteiger partial charge in [0.05, 0.1) is 5.02 Å². The number of urea groups is 1. The van der Waals surface area contributed by atoms with Crippen molar-refractivity contribution in [3.63, 3.8) is 0 Å². The van der Waals surface area contributed by atoms with Crippen LogP contribution in [0.1, 0.15) is 5.56 Å². The molecule has 0 bridgehead atoms. The Labute approximate surface area is 165 Å². The van der Waals surface area contributed by atoms with E-state index in [2.05, 4.69) is 5.32 Å². The Morgan fingerprint density at radius 3 is 2.68 bits per heavy atom. The summed E-state index contributed by atoms with van der Waals surface area (Å²) in [5, 5.41) is 2.32. The second-order valence-electron chi connectivity index (χ2n) is 6.11. The fraction of sp³-hybridized carbons (Fsp3) is 0.211. The van der Waals surface area contributed by atoms with Crippen LogP contribution in [0.5, 0.6) is 0 Å². The average molecular weight is 406 g/mol. The van der Waals surface area contributed by atoms with Gasteiger partial charge in [-0.15, -0.1) is 0 Å². The van der Waals surface area contributed by atoms with Gasteiger partial charge in [-0.1, -0.05) is 41.9 Å². The summed E-state index contributed by atoms with van der Waals surface area (Å²) >= 11 is 5.76. The molecule has 1 saturated heterocycles. The van der Waals surface area contributed by atoms with Crippen LogP contribution in [0.2, 0.25) is 5.02 Å². The van der Waals surface area contributed by atoms with E-state index in [0.717, 1.165) is 16.5 Å². The minimum atomic E-state index is -1.09. The zero-order valence-corrected chi connectivity index (χ0v) is 15.6. The Morgan fingerprint density at radius 1 is 1.29 bits per heavy atom. The first-order valence-corrected chi connectivity index (χ1v) is 8.76. The number of amides is 4. The number of ether oxygens (including phenoxy) is 1. The molecule has 2 aromatic rings. The number of hydrogen-bond acceptors (Lipinski definition) is 4. The van der Waals surface area contributed by atoms with Crippen LogP contribution in [0.3, 0.4) is 0 Å². The van der Waals surface area contributed by atoms with E-state index in [4.69, 9.17) is 16.3 Å². The lowest BCUT2D eigenvalue weighted by atomic mass is 10.2. The third-order valence-electron chi connectivity index (χ3n) is 4.29. The van der Waals surface area contributed by atoms with Gasteiger partial charge >= 0.3 is 12.1 Å². The predicted octanol–water partition coefficient (Wildman–Crippen LogP) is 3.17. The Balaban J connectivity index is 1.72. The van der Waals surface area contributed by atoms with Crippen LogP contribution >= 0.6 is 11.6 Å². The number of carbonyl (C=O) groups excluding carboxylic acids is 3. The van der Waals surface area contributed by atoms with Crippen LogP contribution in [0.25, 0.3) is 0 Å². The molecule has 2 aromatic carbocycles. The van der Waals surface area contributed by atoms with Crippen molar-refractivity contribution in [2.24, 2.45) is 0 Å². The molecule has 28 heavy (non-hydrogen) atoms. The average Bonchev–Trinajstić information content (AvgIpc) is 3.09. The number of imide groups is 1. The molecule has 0 saturated carbocycles. The molecule has 0 aromatic heterocycles. The largest absolute Gasteiger partial charge is 0.444 e. The first kappa shape index (κ1) is 19.6. The minimum absolute atomic E-state index is 0.0340. The van der Waals surface area contributed by atoms with Gasteiger partial charge in [0, 0.05) is 19.3 Å². The molecule has 4 amide bonds. The van der Waals surface area contributed by atoms with E-state index in [-0.39, 0.29) is 18.2 Å². The number of likely N-dealkylation sites (N-methyl/N-ethyl adjacent to an activating group) is 1. The molecule has 3 rings (SSSR count). The van der Waals surface area contributed by atoms with Gasteiger partial charge in [-0.05, 0) is 23.8 Å². The van der Waals surface area contributed by atoms with Gasteiger partial charge in [0.1, 0.15) is 18.5 Å². The minimum Gasteiger partial charge on any atom is -0.444 e. The number of hydrogen-bond donors (Lipinski definition) is 1. The van der Waals surface area contributed by atoms with Crippen molar-refractivity contribution < 1.29 is 23.5 Å². The Bertz CT molecular complexity index is 909. The van der Waals surface area contributed by atoms with E-state index >= 15 is 0 Å². The summed E-state index contributed by atoms with van der Waals surface area (Å²) in [6.07, 6.45) is -0.928. The van der Waals surface area contributed by atoms with E-state index in [1.54, 1.807) is 24.3 Å². The van der Waals surface area contributed by atoms with Crippen molar-refractivity contribution in [1.82, 2.24) is 10.2 Å². The normalized spacial score (nSPS) is 15.9. The topological polar surface area (TPSA) is 79.0 Å². The lowest BCUT2D eigenvalue weighted by Gasteiger charge is -2.25. The first-order valence-electron chi connectivity index (χ1n) is 8.39. The molecule has 1 heterocycles. The van der Waals surface area contributed by atoms with Gasteiger partial charge < -0.3 is 15.0 Å². The highest BCUT2D eigenvalue weighted by molar-refractivity contribution is 6.31. The van der Waals surface area contributed by atoms with E-state index < -0.39 is 29.9 Å². The van der Waals surface area contributed by atoms with Crippen LogP contribution in [0.15, 0.2) is 48.5 Å². The quantitative estimate of drug-likeness (QED) is 0.847. The second-order valence-corrected chi connectivity index (χ2v) is 6.51. The molecule has 0 unspecified atom stereocenters. The van der Waals surface area contributed by atoms with Gasteiger partial charge in [0.15, 0.2) is 0 Å². The molecule has 0 spiro atoms. The van der Waals surface area contributed by atoms with Gasteiger partial charge in [-0.2, -0.15) is 0 Å². The molecule has 0 radical (unpaired) electrons. The van der Waals surface area contributed by atoms with E-state index in [0.29, 0.717) is 5.69 Å². The summed E-state index contributed by atoms with van der Waals surface area (Å²) in [5.41, 5.74) is 1.07. The molecule has 7 nitrogen and oxygen atoms in total. The van der Waals surface area contributed by atoms with Gasteiger partial charge in [0.2, 0.25) is 0 Å². The fourth-order valence-corrected chi connectivity index (χ4v) is 2.92. The maximum atomic E-state index is 13.3. The third kappa shape index (κ3) is 4.07. The van der Waals surface area contributed by atoms with E-state index in [9.17, 15) is 18.8 Å². The molecule has 0 aliphatic carbocycles. The molecule has 1 aliphatic heterocycles. The van der Waals surface area contributed by atoms with Gasteiger partial charge in [-0.25, -0.2) is 18.9 Å². The Morgan fingerprint density at radius 2 is 2.00 bits per heavy atom. The number of halogens is 2. The SMILES string of the molecule is CN(C(=O)[C@@H]1CNC(=O)N1C(=O)OCc1ccccc1)c1ccc(F)c(Cl)c1. The highest BCUT2D eigenvalue weighted by atomic mass is 35.5. The van der Waals surface area contributed by atoms with Crippen LogP contribution in [-0.4, -0.2) is 42.6 Å². The van der Waals surface area contributed by atoms with Crippen molar-refractivity contribution >= 4 is 35.3 Å². The fourth-order valence-electron chi connectivity index (χ4n) is 2.74. The number of nitrogens with one attached hydrogen (secondary N) is 1. The number of carbonyl (C=O) groups is 3. The maximum absolute atomic E-state index is 13.3. The molecular weight excluding hydrogens is 389 g/mol. The van der Waals surface area contributed by atoms with Crippen molar-refractivity contribution in [2.45, 2.75) is 12.6 Å². The smallest absolute Gasteiger partial charge is 0.419 e. The number of nitrogens with zero attached hydrogens (tertiary/aromatic N) is 2. The lowest BCUT2D eigenvalue weighted by Crippen LogP contribution is -2.49. The predicted molar refractivity (Wildman–Crippen MR) is 100 cm³/mol. The van der Waals surface area contributed by atoms with Gasteiger partial charge in [-0.3, -0.25) is 4.79 Å². The first-order chi connectivity index (χ1) is 13.4. The monoisotopic (exact) mass is 405 g/mol. The highest BCUT2D eigenvalue weighted by Crippen LogP contribution is 2.23. The van der Waals surface area contributed by atoms with E-state index in [1.807, 2.05) is 6.07 Å². The van der Waals surface area contributed by atoms with Gasteiger partial charge in [0.25, 0.3) is 5.91 Å². The Hall–Kier alpha value is -3.13. The highest BCUT2D eigenvalue weighted by Gasteiger charge is 2.42. The summed E-state index contributed by atoms with van der Waals surface area (Å²) in [6, 6.07) is 10.9. The van der Waals surface area contributed by atoms with Crippen LogP contribution < -0.4 is 10.2 Å². The third-order valence-corrected chi connectivity index (χ3v) is 4.57. The van der Waals surface area contributed by atoms with Crippen molar-refractivity contribution in [1.29, 1.82) is 0 Å². The summed E-state index contributed by atoms with van der Waals surface area (Å²) in [7, 11) is 1.45. The number of benzene rings is 2. The molecule has 1 N–H and O–H groups in total. The summed E-state index contributed by atoms with van der Waals surface area (Å²) in [6.45, 7) is -0.0921. The zero-order chi connectivity index (χ0) is 20.3. The second kappa shape index (κ2) is 8.26. The van der Waals surface area contributed by atoms with Crippen molar-refractivity contribution in [2.75, 3.05) is 18.5 Å². The molecule has 1 atom stereocenters. The zero-order valence-electron chi connectivity index (χ0n) is 14.9. The number of rotatable bonds is 4. The lowest BCUT2D eigenvalue weighted by molar-refractivity contribution is -0.121. The molecule has 146 valence electrons. The van der Waals surface area contributed by atoms with Crippen LogP contribution in [0.4, 0.5) is 19.7 Å². The molecule has 1 aliphatic rings. The van der Waals surface area contributed by atoms with E-state index in [1.165, 1.54) is 24.1 Å². The molecule has 9 heteroatoms. The summed E-state index contributed by atoms with van der Waals surface area (Å²) < 4.78 is 18.5. The van der Waals surface area contributed by atoms with Crippen molar-refractivity contribution in [3.05, 3.63) is 64.9 Å². The van der Waals surface area contributed by atoms with Crippen LogP contribution in [-0.2, 0) is 16.1 Å². The standard InChI is InChI=1S/C19H17ClFN3O4/c1-23(13-7-8-15(21)14(20)9-13)17(25)16-10-22-18(26)24(16)19(27)28-11-12-5-3-2-4-6-12/h2-9,16H,10-11H2,1H3,(H,22,26)/t16-/m0/s1. The molecular formula is C19H17ClFN3O4. The summed E-state index contributed by atoms with van der Waals surface area (Å²) in [4.78, 5) is 39.2. The molecule has 1 fully saturated rings. The number of anilines is 1. The van der Waals surface area contributed by atoms with Crippen molar-refractivity contribution in [3.8, 4) is 0 Å².